The van der Waals surface area contributed by atoms with E-state index in [-0.39, 0.29) is 0 Å². The highest BCUT2D eigenvalue weighted by atomic mass is 32.3. The average Bonchev–Trinajstić information content (AvgIpc) is 3.22. The van der Waals surface area contributed by atoms with Gasteiger partial charge in [0.15, 0.2) is 0 Å². The number of fused-ring (bicyclic) bond motifs is 16. The van der Waals surface area contributed by atoms with Gasteiger partial charge in [0.05, 0.1) is 0 Å². The molecule has 0 N–H and O–H groups in total. The van der Waals surface area contributed by atoms with Gasteiger partial charge in [-0.3, -0.25) is 4.31 Å². The maximum absolute atomic E-state index is 2.50. The van der Waals surface area contributed by atoms with Crippen LogP contribution in [-0.4, -0.2) is 24.7 Å². The van der Waals surface area contributed by atoms with Crippen LogP contribution in [0.1, 0.15) is 0 Å². The lowest BCUT2D eigenvalue weighted by Crippen LogP contribution is -2.19. The van der Waals surface area contributed by atoms with Crippen molar-refractivity contribution in [2.75, 3.05) is 20.4 Å². The summed E-state index contributed by atoms with van der Waals surface area (Å²) in [6.45, 7) is 0. The highest BCUT2D eigenvalue weighted by Gasteiger charge is 2.31. The zero-order valence-corrected chi connectivity index (χ0v) is 31.0. The van der Waals surface area contributed by atoms with Gasteiger partial charge >= 0.3 is 0 Å². The molecule has 2 aliphatic carbocycles. The Balaban J connectivity index is 1.22. The molecule has 8 aromatic carbocycles. The van der Waals surface area contributed by atoms with Crippen LogP contribution >= 0.6 is 10.2 Å². The molecule has 0 unspecified atom stereocenters. The van der Waals surface area contributed by atoms with Crippen molar-refractivity contribution >= 4 is 10.2 Å². The minimum Gasteiger partial charge on any atom is -0.266 e. The molecule has 1 nitrogen and oxygen atoms in total. The number of benzene rings is 8. The van der Waals surface area contributed by atoms with Crippen LogP contribution in [0.4, 0.5) is 0 Å². The fourth-order valence-corrected chi connectivity index (χ4v) is 11.2. The first-order chi connectivity index (χ1) is 26.0. The second-order valence-electron chi connectivity index (χ2n) is 14.4. The Bertz CT molecular complexity index is 2540. The molecule has 2 heteroatoms. The minimum absolute atomic E-state index is 1.27. The molecule has 0 heterocycles. The van der Waals surface area contributed by atoms with E-state index in [1.165, 1.54) is 98.8 Å². The monoisotopic (exact) mass is 697 g/mol. The molecule has 0 radical (unpaired) electrons. The number of nitrogens with zero attached hydrogens (tertiary/aromatic N) is 1. The second kappa shape index (κ2) is 12.3. The van der Waals surface area contributed by atoms with E-state index in [0.29, 0.717) is 0 Å². The first kappa shape index (κ1) is 31.8. The maximum Gasteiger partial charge on any atom is 0.00706 e. The predicted octanol–water partition coefficient (Wildman–Crippen LogP) is 14.0. The molecule has 53 heavy (non-hydrogen) atoms. The summed E-state index contributed by atoms with van der Waals surface area (Å²) >= 11 is 0. The quantitative estimate of drug-likeness (QED) is 0.178. The highest BCUT2D eigenvalue weighted by molar-refractivity contribution is 8.31. The van der Waals surface area contributed by atoms with Crippen LogP contribution in [0.15, 0.2) is 192 Å². The van der Waals surface area contributed by atoms with E-state index in [9.17, 15) is 0 Å². The van der Waals surface area contributed by atoms with Crippen molar-refractivity contribution in [3.05, 3.63) is 182 Å². The fraction of sp³-hybridized carbons (Fsp3) is 0.0588. The van der Waals surface area contributed by atoms with Crippen LogP contribution in [0.2, 0.25) is 0 Å². The predicted molar refractivity (Wildman–Crippen MR) is 227 cm³/mol. The lowest BCUT2D eigenvalue weighted by atomic mass is 9.81. The third kappa shape index (κ3) is 4.83. The first-order valence-electron chi connectivity index (χ1n) is 18.3. The van der Waals surface area contributed by atoms with E-state index in [0.717, 1.165) is 0 Å². The lowest BCUT2D eigenvalue weighted by molar-refractivity contribution is 0.678. The fourth-order valence-electron chi connectivity index (χ4n) is 8.73. The molecule has 0 saturated heterocycles. The van der Waals surface area contributed by atoms with E-state index >= 15 is 0 Å². The molecule has 254 valence electrons. The van der Waals surface area contributed by atoms with Gasteiger partial charge in [-0.1, -0.05) is 158 Å². The highest BCUT2D eigenvalue weighted by Crippen LogP contribution is 2.63. The normalized spacial score (nSPS) is 12.5. The van der Waals surface area contributed by atoms with Crippen molar-refractivity contribution < 1.29 is 0 Å². The Labute approximate surface area is 314 Å². The van der Waals surface area contributed by atoms with E-state index in [4.69, 9.17) is 0 Å². The molecule has 0 amide bonds. The van der Waals surface area contributed by atoms with E-state index in [1.54, 1.807) is 0 Å². The van der Waals surface area contributed by atoms with Crippen LogP contribution in [0.3, 0.4) is 0 Å². The third-order valence-corrected chi connectivity index (χ3v) is 15.3. The number of hydrogen-bond acceptors (Lipinski definition) is 1. The van der Waals surface area contributed by atoms with Crippen molar-refractivity contribution in [2.24, 2.45) is 0 Å². The molecule has 0 aromatic heterocycles. The Morgan fingerprint density at radius 2 is 0.453 bits per heavy atom. The van der Waals surface area contributed by atoms with Crippen LogP contribution < -0.4 is 0 Å². The first-order valence-corrected chi connectivity index (χ1v) is 20.3. The Morgan fingerprint density at radius 1 is 0.264 bits per heavy atom. The Hall–Kier alpha value is -5.93. The summed E-state index contributed by atoms with van der Waals surface area (Å²) in [5, 5.41) is 0. The molecular formula is C51H39NS. The van der Waals surface area contributed by atoms with Gasteiger partial charge in [-0.15, -0.1) is 10.2 Å². The van der Waals surface area contributed by atoms with Gasteiger partial charge < -0.3 is 0 Å². The van der Waals surface area contributed by atoms with Crippen LogP contribution in [-0.2, 0) is 0 Å². The minimum atomic E-state index is -1.67. The summed E-state index contributed by atoms with van der Waals surface area (Å²) in [6, 6.07) is 68.1. The van der Waals surface area contributed by atoms with E-state index in [1.807, 2.05) is 0 Å². The van der Waals surface area contributed by atoms with Crippen LogP contribution in [0.25, 0.3) is 89.0 Å². The van der Waals surface area contributed by atoms with Gasteiger partial charge in [-0.05, 0) is 134 Å². The number of hydrogen-bond donors (Lipinski definition) is 0. The topological polar surface area (TPSA) is 3.24 Å². The second-order valence-corrected chi connectivity index (χ2v) is 17.8. The van der Waals surface area contributed by atoms with Crippen LogP contribution in [0, 0.1) is 0 Å². The van der Waals surface area contributed by atoms with Crippen molar-refractivity contribution in [2.45, 2.75) is 9.79 Å². The van der Waals surface area contributed by atoms with Crippen molar-refractivity contribution in [3.8, 4) is 89.0 Å². The zero-order valence-electron chi connectivity index (χ0n) is 30.2. The van der Waals surface area contributed by atoms with Gasteiger partial charge in [0, 0.05) is 9.79 Å². The van der Waals surface area contributed by atoms with Crippen molar-refractivity contribution in [3.63, 3.8) is 0 Å². The summed E-state index contributed by atoms with van der Waals surface area (Å²) in [6.07, 6.45) is 2.46. The van der Waals surface area contributed by atoms with E-state index in [2.05, 4.69) is 207 Å². The molecule has 0 saturated carbocycles. The zero-order chi connectivity index (χ0) is 35.7. The molecule has 10 rings (SSSR count). The molecule has 0 spiro atoms. The summed E-state index contributed by atoms with van der Waals surface area (Å²) in [7, 11) is 2.83. The lowest BCUT2D eigenvalue weighted by Gasteiger charge is -2.44. The summed E-state index contributed by atoms with van der Waals surface area (Å²) in [4.78, 5) is 2.68. The maximum atomic E-state index is 2.50. The SMILES string of the molecule is CN(C)S(C)(c1ccc2c(c1)-c1ccccc1-c1ccccc1-c1ccccc1-2)c1ccc2c(c1)-c1ccccc1-c1ccccc1-c1ccccc1-2. The van der Waals surface area contributed by atoms with Gasteiger partial charge in [0.25, 0.3) is 0 Å². The summed E-state index contributed by atoms with van der Waals surface area (Å²) in [5.41, 5.74) is 20.4. The van der Waals surface area contributed by atoms with Gasteiger partial charge in [0.1, 0.15) is 0 Å². The van der Waals surface area contributed by atoms with E-state index < -0.39 is 10.2 Å². The molecule has 2 aliphatic rings. The average molecular weight is 698 g/mol. The third-order valence-electron chi connectivity index (χ3n) is 11.5. The molecule has 0 atom stereocenters. The smallest absolute Gasteiger partial charge is 0.00706 e. The van der Waals surface area contributed by atoms with Gasteiger partial charge in [0.2, 0.25) is 0 Å². The summed E-state index contributed by atoms with van der Waals surface area (Å²) < 4.78 is 2.46. The standard InChI is InChI=1S/C51H39NS/c1-52(2)53(3,34-28-30-48-44-24-10-8-20-40(44)36-16-4-6-18-38(36)42-22-12-14-26-46(42)50(48)32-34)35-29-31-49-45-25-11-9-21-41(45)37-17-5-7-19-39(37)43-23-13-15-27-47(43)51(49)33-35/h4-33H,1-3H3. The largest absolute Gasteiger partial charge is 0.266 e. The van der Waals surface area contributed by atoms with Crippen molar-refractivity contribution in [1.29, 1.82) is 0 Å². The van der Waals surface area contributed by atoms with Crippen molar-refractivity contribution in [1.82, 2.24) is 4.31 Å². The molecule has 0 aliphatic heterocycles. The summed E-state index contributed by atoms with van der Waals surface area (Å²) in [5.74, 6) is 0. The van der Waals surface area contributed by atoms with Crippen LogP contribution in [0.5, 0.6) is 0 Å². The Kier molecular flexibility index (Phi) is 7.40. The van der Waals surface area contributed by atoms with Gasteiger partial charge in [-0.25, -0.2) is 0 Å². The molecular weight excluding hydrogens is 659 g/mol. The molecule has 8 aromatic rings. The number of rotatable bonds is 3. The molecule has 0 fully saturated rings. The van der Waals surface area contributed by atoms with Gasteiger partial charge in [-0.2, -0.15) is 0 Å². The Morgan fingerprint density at radius 3 is 0.660 bits per heavy atom. The molecule has 0 bridgehead atoms.